The van der Waals surface area contributed by atoms with Crippen LogP contribution in [0.1, 0.15) is 5.56 Å². The second kappa shape index (κ2) is 8.15. The SMILES string of the molecule is O=C(COC(=O)Cc1ccc(Cl)cc1Cl)Nc1ccc(Cl)cn1. The monoisotopic (exact) mass is 372 g/mol. The van der Waals surface area contributed by atoms with Crippen LogP contribution in [0.15, 0.2) is 36.5 Å². The zero-order chi connectivity index (χ0) is 16.8. The molecule has 1 aromatic heterocycles. The van der Waals surface area contributed by atoms with Crippen LogP contribution in [0, 0.1) is 0 Å². The first-order valence-electron chi connectivity index (χ1n) is 6.45. The van der Waals surface area contributed by atoms with E-state index in [1.165, 1.54) is 18.3 Å². The first-order chi connectivity index (χ1) is 10.9. The lowest BCUT2D eigenvalue weighted by atomic mass is 10.1. The fraction of sp³-hybridized carbons (Fsp3) is 0.133. The van der Waals surface area contributed by atoms with Gasteiger partial charge in [-0.05, 0) is 29.8 Å². The lowest BCUT2D eigenvalue weighted by Crippen LogP contribution is -2.22. The molecule has 2 aromatic rings. The van der Waals surface area contributed by atoms with Crippen LogP contribution in [0.2, 0.25) is 15.1 Å². The molecule has 23 heavy (non-hydrogen) atoms. The number of carbonyl (C=O) groups is 2. The van der Waals surface area contributed by atoms with Crippen molar-refractivity contribution in [1.29, 1.82) is 0 Å². The van der Waals surface area contributed by atoms with E-state index >= 15 is 0 Å². The van der Waals surface area contributed by atoms with Gasteiger partial charge < -0.3 is 10.1 Å². The third kappa shape index (κ3) is 5.71. The van der Waals surface area contributed by atoms with Gasteiger partial charge in [-0.3, -0.25) is 9.59 Å². The van der Waals surface area contributed by atoms with Gasteiger partial charge in [-0.2, -0.15) is 0 Å². The quantitative estimate of drug-likeness (QED) is 0.810. The van der Waals surface area contributed by atoms with E-state index in [9.17, 15) is 9.59 Å². The Morgan fingerprint density at radius 3 is 2.48 bits per heavy atom. The van der Waals surface area contributed by atoms with E-state index < -0.39 is 18.5 Å². The highest BCUT2D eigenvalue weighted by Crippen LogP contribution is 2.21. The van der Waals surface area contributed by atoms with Crippen molar-refractivity contribution in [2.24, 2.45) is 0 Å². The molecule has 0 spiro atoms. The van der Waals surface area contributed by atoms with Crippen LogP contribution >= 0.6 is 34.8 Å². The predicted octanol–water partition coefficient (Wildman–Crippen LogP) is 3.77. The second-order valence-electron chi connectivity index (χ2n) is 4.48. The molecule has 0 atom stereocenters. The Morgan fingerprint density at radius 1 is 1.09 bits per heavy atom. The number of nitrogens with zero attached hydrogens (tertiary/aromatic N) is 1. The standard InChI is InChI=1S/C15H11Cl3N2O3/c16-10-2-1-9(12(18)6-10)5-15(22)23-8-14(21)20-13-4-3-11(17)7-19-13/h1-4,6-7H,5,8H2,(H,19,20,21). The molecular formula is C15H11Cl3N2O3. The Morgan fingerprint density at radius 2 is 1.83 bits per heavy atom. The van der Waals surface area contributed by atoms with Gasteiger partial charge in [0.2, 0.25) is 0 Å². The number of pyridine rings is 1. The number of benzene rings is 1. The van der Waals surface area contributed by atoms with Crippen LogP contribution in [0.5, 0.6) is 0 Å². The Labute approximate surface area is 147 Å². The summed E-state index contributed by atoms with van der Waals surface area (Å²) in [5.41, 5.74) is 0.570. The van der Waals surface area contributed by atoms with Gasteiger partial charge in [-0.25, -0.2) is 4.98 Å². The maximum atomic E-state index is 11.7. The van der Waals surface area contributed by atoms with Crippen LogP contribution < -0.4 is 5.32 Å². The molecule has 5 nitrogen and oxygen atoms in total. The number of rotatable bonds is 5. The van der Waals surface area contributed by atoms with Crippen LogP contribution in [-0.2, 0) is 20.7 Å². The minimum atomic E-state index is -0.576. The molecule has 1 heterocycles. The summed E-state index contributed by atoms with van der Waals surface area (Å²) in [4.78, 5) is 27.3. The zero-order valence-electron chi connectivity index (χ0n) is 11.7. The van der Waals surface area contributed by atoms with Crippen molar-refractivity contribution in [1.82, 2.24) is 4.98 Å². The molecule has 0 radical (unpaired) electrons. The largest absolute Gasteiger partial charge is 0.455 e. The Hall–Kier alpha value is -1.82. The number of carbonyl (C=O) groups excluding carboxylic acids is 2. The number of ether oxygens (including phenoxy) is 1. The topological polar surface area (TPSA) is 68.3 Å². The third-order valence-electron chi connectivity index (χ3n) is 2.71. The maximum Gasteiger partial charge on any atom is 0.310 e. The summed E-state index contributed by atoms with van der Waals surface area (Å²) in [6.07, 6.45) is 1.34. The lowest BCUT2D eigenvalue weighted by molar-refractivity contribution is -0.146. The van der Waals surface area contributed by atoms with E-state index in [1.54, 1.807) is 18.2 Å². The van der Waals surface area contributed by atoms with Crippen molar-refractivity contribution in [2.75, 3.05) is 11.9 Å². The summed E-state index contributed by atoms with van der Waals surface area (Å²) in [7, 11) is 0. The van der Waals surface area contributed by atoms with Gasteiger partial charge in [0.05, 0.1) is 11.4 Å². The van der Waals surface area contributed by atoms with Gasteiger partial charge in [0.15, 0.2) is 6.61 Å². The maximum absolute atomic E-state index is 11.7. The fourth-order valence-electron chi connectivity index (χ4n) is 1.65. The first kappa shape index (κ1) is 17.5. The number of esters is 1. The average Bonchev–Trinajstić information content (AvgIpc) is 2.50. The number of anilines is 1. The molecule has 0 saturated carbocycles. The summed E-state index contributed by atoms with van der Waals surface area (Å²) < 4.78 is 4.89. The molecule has 0 aliphatic heterocycles. The van der Waals surface area contributed by atoms with Crippen molar-refractivity contribution in [3.05, 3.63) is 57.2 Å². The number of amides is 1. The fourth-order valence-corrected chi connectivity index (χ4v) is 2.23. The van der Waals surface area contributed by atoms with Crippen LogP contribution in [0.3, 0.4) is 0 Å². The normalized spacial score (nSPS) is 10.2. The molecule has 0 unspecified atom stereocenters. The third-order valence-corrected chi connectivity index (χ3v) is 3.52. The smallest absolute Gasteiger partial charge is 0.310 e. The highest BCUT2D eigenvalue weighted by atomic mass is 35.5. The molecule has 0 aliphatic carbocycles. The highest BCUT2D eigenvalue weighted by molar-refractivity contribution is 6.35. The molecule has 1 N–H and O–H groups in total. The van der Waals surface area contributed by atoms with Gasteiger partial charge >= 0.3 is 5.97 Å². The minimum Gasteiger partial charge on any atom is -0.455 e. The minimum absolute atomic E-state index is 0.0531. The summed E-state index contributed by atoms with van der Waals surface area (Å²) in [5.74, 6) is -0.764. The number of nitrogens with one attached hydrogen (secondary N) is 1. The summed E-state index contributed by atoms with van der Waals surface area (Å²) in [6, 6.07) is 7.90. The van der Waals surface area contributed by atoms with E-state index in [4.69, 9.17) is 39.5 Å². The van der Waals surface area contributed by atoms with Crippen molar-refractivity contribution in [3.8, 4) is 0 Å². The predicted molar refractivity (Wildman–Crippen MR) is 89.0 cm³/mol. The van der Waals surface area contributed by atoms with Gasteiger partial charge in [0.25, 0.3) is 5.91 Å². The average molecular weight is 374 g/mol. The number of hydrogen-bond acceptors (Lipinski definition) is 4. The Balaban J connectivity index is 1.81. The zero-order valence-corrected chi connectivity index (χ0v) is 14.0. The van der Waals surface area contributed by atoms with E-state index in [1.807, 2.05) is 0 Å². The molecule has 1 amide bonds. The molecule has 0 bridgehead atoms. The van der Waals surface area contributed by atoms with E-state index in [2.05, 4.69) is 10.3 Å². The van der Waals surface area contributed by atoms with Crippen molar-refractivity contribution >= 4 is 52.5 Å². The van der Waals surface area contributed by atoms with Crippen molar-refractivity contribution in [2.45, 2.75) is 6.42 Å². The Kier molecular flexibility index (Phi) is 6.21. The number of aromatic nitrogens is 1. The number of hydrogen-bond donors (Lipinski definition) is 1. The summed E-state index contributed by atoms with van der Waals surface area (Å²) >= 11 is 17.4. The highest BCUT2D eigenvalue weighted by Gasteiger charge is 2.11. The van der Waals surface area contributed by atoms with E-state index in [0.29, 0.717) is 26.4 Å². The van der Waals surface area contributed by atoms with E-state index in [0.717, 1.165) is 0 Å². The van der Waals surface area contributed by atoms with Crippen molar-refractivity contribution < 1.29 is 14.3 Å². The van der Waals surface area contributed by atoms with Crippen LogP contribution in [0.25, 0.3) is 0 Å². The van der Waals surface area contributed by atoms with Crippen LogP contribution in [-0.4, -0.2) is 23.5 Å². The molecule has 2 rings (SSSR count). The van der Waals surface area contributed by atoms with Gasteiger partial charge in [-0.15, -0.1) is 0 Å². The molecule has 0 aliphatic rings. The second-order valence-corrected chi connectivity index (χ2v) is 5.76. The van der Waals surface area contributed by atoms with E-state index in [-0.39, 0.29) is 6.42 Å². The Bertz CT molecular complexity index is 720. The lowest BCUT2D eigenvalue weighted by Gasteiger charge is -2.07. The first-order valence-corrected chi connectivity index (χ1v) is 7.58. The molecule has 1 aromatic carbocycles. The molecule has 120 valence electrons. The molecule has 8 heteroatoms. The van der Waals surface area contributed by atoms with Gasteiger partial charge in [0.1, 0.15) is 5.82 Å². The molecular weight excluding hydrogens is 363 g/mol. The van der Waals surface area contributed by atoms with Crippen molar-refractivity contribution in [3.63, 3.8) is 0 Å². The molecule has 0 saturated heterocycles. The van der Waals surface area contributed by atoms with Crippen LogP contribution in [0.4, 0.5) is 5.82 Å². The van der Waals surface area contributed by atoms with Gasteiger partial charge in [-0.1, -0.05) is 40.9 Å². The summed E-state index contributed by atoms with van der Waals surface area (Å²) in [5, 5.41) is 3.77. The molecule has 0 fully saturated rings. The summed E-state index contributed by atoms with van der Waals surface area (Å²) in [6.45, 7) is -0.422. The van der Waals surface area contributed by atoms with Gasteiger partial charge in [0, 0.05) is 16.2 Å². The number of halogens is 3.